The van der Waals surface area contributed by atoms with E-state index in [9.17, 15) is 35.1 Å². The summed E-state index contributed by atoms with van der Waals surface area (Å²) in [7, 11) is 1.37. The number of rotatable bonds is 4. The number of phenols is 5. The van der Waals surface area contributed by atoms with E-state index >= 15 is 0 Å². The van der Waals surface area contributed by atoms with Crippen molar-refractivity contribution in [1.29, 1.82) is 0 Å². The number of benzene rings is 4. The van der Waals surface area contributed by atoms with Crippen LogP contribution in [0.25, 0.3) is 33.4 Å². The van der Waals surface area contributed by atoms with E-state index < -0.39 is 23.0 Å². The summed E-state index contributed by atoms with van der Waals surface area (Å²) in [6.07, 6.45) is -0.916. The molecule has 0 amide bonds. The Balaban J connectivity index is 1.44. The number of ether oxygens (including phenoxy) is 2. The maximum Gasteiger partial charge on any atom is 0.197 e. The molecule has 206 valence electrons. The molecule has 6 rings (SSSR count). The van der Waals surface area contributed by atoms with Gasteiger partial charge < -0.3 is 39.4 Å². The summed E-state index contributed by atoms with van der Waals surface area (Å²) in [5.41, 5.74) is 0.179. The lowest BCUT2D eigenvalue weighted by Gasteiger charge is -2.27. The van der Waals surface area contributed by atoms with Crippen molar-refractivity contribution in [2.45, 2.75) is 12.5 Å². The molecule has 2 heterocycles. The van der Waals surface area contributed by atoms with E-state index in [1.165, 1.54) is 55.6 Å². The zero-order valence-corrected chi connectivity index (χ0v) is 21.4. The van der Waals surface area contributed by atoms with Crippen molar-refractivity contribution >= 4 is 16.8 Å². The van der Waals surface area contributed by atoms with Crippen LogP contribution in [0.5, 0.6) is 40.2 Å². The SMILES string of the molecule is COc1cc(O)cc2c1C(=O)C[C@@H](c1ccc(O)c(-c3c(O)cc4oc(-c5ccc(O)cc5)cc(=O)c4c3O)c1)O2. The molecule has 0 radical (unpaired) electrons. The fourth-order valence-electron chi connectivity index (χ4n) is 5.03. The van der Waals surface area contributed by atoms with Crippen molar-refractivity contribution in [1.82, 2.24) is 0 Å². The van der Waals surface area contributed by atoms with Crippen molar-refractivity contribution in [2.75, 3.05) is 7.11 Å². The lowest BCUT2D eigenvalue weighted by atomic mass is 9.92. The van der Waals surface area contributed by atoms with Crippen LogP contribution in [-0.4, -0.2) is 38.4 Å². The molecule has 0 saturated heterocycles. The standard InChI is InChI=1S/C31H22O10/c1-39-25-9-17(33)10-26-29(25)21(36)11-24(41-26)15-4-7-19(34)18(8-15)28-20(35)13-27-30(31(28)38)22(37)12-23(40-27)14-2-5-16(32)6-3-14/h2-10,12-13,24,32-35,38H,11H2,1H3/t24-/m0/s1. The molecular weight excluding hydrogens is 532 g/mol. The molecule has 0 bridgehead atoms. The van der Waals surface area contributed by atoms with Crippen LogP contribution in [0.4, 0.5) is 0 Å². The van der Waals surface area contributed by atoms with Gasteiger partial charge in [0.15, 0.2) is 11.2 Å². The third kappa shape index (κ3) is 4.31. The highest BCUT2D eigenvalue weighted by atomic mass is 16.5. The van der Waals surface area contributed by atoms with E-state index in [1.807, 2.05) is 0 Å². The van der Waals surface area contributed by atoms with E-state index in [4.69, 9.17) is 13.9 Å². The van der Waals surface area contributed by atoms with Gasteiger partial charge in [-0.05, 0) is 42.0 Å². The summed E-state index contributed by atoms with van der Waals surface area (Å²) in [5, 5.41) is 52.1. The highest BCUT2D eigenvalue weighted by Crippen LogP contribution is 2.48. The van der Waals surface area contributed by atoms with Crippen molar-refractivity contribution in [3.8, 4) is 62.7 Å². The fourth-order valence-corrected chi connectivity index (χ4v) is 5.03. The number of fused-ring (bicyclic) bond motifs is 2. The maximum atomic E-state index is 13.1. The number of carbonyl (C=O) groups excluding carboxylic acids is 1. The van der Waals surface area contributed by atoms with Gasteiger partial charge in [0.1, 0.15) is 68.6 Å². The molecule has 41 heavy (non-hydrogen) atoms. The molecule has 5 aromatic rings. The Labute approximate surface area is 231 Å². The summed E-state index contributed by atoms with van der Waals surface area (Å²) in [6.45, 7) is 0. The topological polar surface area (TPSA) is 167 Å². The number of methoxy groups -OCH3 is 1. The zero-order valence-electron chi connectivity index (χ0n) is 21.4. The molecule has 5 N–H and O–H groups in total. The smallest absolute Gasteiger partial charge is 0.197 e. The molecule has 0 spiro atoms. The summed E-state index contributed by atoms with van der Waals surface area (Å²) in [4.78, 5) is 26.1. The highest BCUT2D eigenvalue weighted by Gasteiger charge is 2.32. The first-order valence-electron chi connectivity index (χ1n) is 12.4. The van der Waals surface area contributed by atoms with E-state index in [1.54, 1.807) is 12.1 Å². The van der Waals surface area contributed by atoms with Crippen molar-refractivity contribution in [2.24, 2.45) is 0 Å². The van der Waals surface area contributed by atoms with Gasteiger partial charge in [0.25, 0.3) is 0 Å². The van der Waals surface area contributed by atoms with Crippen LogP contribution in [0.2, 0.25) is 0 Å². The summed E-state index contributed by atoms with van der Waals surface area (Å²) < 4.78 is 17.0. The predicted molar refractivity (Wildman–Crippen MR) is 147 cm³/mol. The van der Waals surface area contributed by atoms with Crippen LogP contribution in [-0.2, 0) is 0 Å². The average Bonchev–Trinajstić information content (AvgIpc) is 2.93. The molecule has 1 atom stereocenters. The van der Waals surface area contributed by atoms with Gasteiger partial charge in [-0.3, -0.25) is 9.59 Å². The number of Topliss-reactive ketones (excluding diaryl/α,β-unsaturated/α-hetero) is 1. The first kappa shape index (κ1) is 25.6. The first-order valence-corrected chi connectivity index (χ1v) is 12.4. The monoisotopic (exact) mass is 554 g/mol. The molecule has 10 nitrogen and oxygen atoms in total. The Morgan fingerprint density at radius 3 is 2.29 bits per heavy atom. The highest BCUT2D eigenvalue weighted by molar-refractivity contribution is 6.03. The normalized spacial score (nSPS) is 14.5. The molecule has 0 unspecified atom stereocenters. The van der Waals surface area contributed by atoms with Crippen LogP contribution in [0, 0.1) is 0 Å². The maximum absolute atomic E-state index is 13.1. The summed E-state index contributed by atoms with van der Waals surface area (Å²) in [6, 6.07) is 15.2. The lowest BCUT2D eigenvalue weighted by molar-refractivity contribution is 0.0844. The largest absolute Gasteiger partial charge is 0.508 e. The Kier molecular flexibility index (Phi) is 5.95. The van der Waals surface area contributed by atoms with Gasteiger partial charge in [0.05, 0.1) is 19.1 Å². The molecule has 0 aliphatic carbocycles. The molecule has 0 saturated carbocycles. The fraction of sp³-hybridized carbons (Fsp3) is 0.0968. The number of hydrogen-bond donors (Lipinski definition) is 5. The quantitative estimate of drug-likeness (QED) is 0.195. The van der Waals surface area contributed by atoms with Crippen LogP contribution in [0.15, 0.2) is 75.9 Å². The van der Waals surface area contributed by atoms with Gasteiger partial charge in [0, 0.05) is 35.4 Å². The zero-order chi connectivity index (χ0) is 29.0. The Morgan fingerprint density at radius 1 is 0.805 bits per heavy atom. The second-order valence-corrected chi connectivity index (χ2v) is 9.55. The van der Waals surface area contributed by atoms with Crippen molar-refractivity contribution in [3.63, 3.8) is 0 Å². The molecule has 1 aromatic heterocycles. The van der Waals surface area contributed by atoms with Gasteiger partial charge in [-0.15, -0.1) is 0 Å². The minimum absolute atomic E-state index is 0.0169. The summed E-state index contributed by atoms with van der Waals surface area (Å²) in [5.74, 6) is -1.37. The Bertz CT molecular complexity index is 1920. The van der Waals surface area contributed by atoms with E-state index in [0.717, 1.165) is 6.07 Å². The Hall–Kier alpha value is -5.64. The van der Waals surface area contributed by atoms with Gasteiger partial charge in [-0.25, -0.2) is 0 Å². The van der Waals surface area contributed by atoms with E-state index in [2.05, 4.69) is 0 Å². The van der Waals surface area contributed by atoms with Gasteiger partial charge >= 0.3 is 0 Å². The van der Waals surface area contributed by atoms with Crippen molar-refractivity contribution in [3.05, 3.63) is 88.1 Å². The average molecular weight is 555 g/mol. The predicted octanol–water partition coefficient (Wildman–Crippen LogP) is 5.37. The molecule has 0 fully saturated rings. The second-order valence-electron chi connectivity index (χ2n) is 9.55. The minimum Gasteiger partial charge on any atom is -0.508 e. The van der Waals surface area contributed by atoms with Crippen LogP contribution in [0.3, 0.4) is 0 Å². The third-order valence-corrected chi connectivity index (χ3v) is 6.98. The third-order valence-electron chi connectivity index (χ3n) is 6.98. The molecular formula is C31H22O10. The summed E-state index contributed by atoms with van der Waals surface area (Å²) >= 11 is 0. The van der Waals surface area contributed by atoms with Crippen LogP contribution < -0.4 is 14.9 Å². The molecule has 1 aliphatic rings. The first-order chi connectivity index (χ1) is 19.6. The number of phenolic OH excluding ortho intramolecular Hbond substituents is 5. The van der Waals surface area contributed by atoms with Crippen molar-refractivity contribution < 1.29 is 44.2 Å². The second kappa shape index (κ2) is 9.53. The van der Waals surface area contributed by atoms with Gasteiger partial charge in [0.2, 0.25) is 0 Å². The minimum atomic E-state index is -0.830. The van der Waals surface area contributed by atoms with Crippen LogP contribution >= 0.6 is 0 Å². The molecule has 10 heteroatoms. The van der Waals surface area contributed by atoms with E-state index in [0.29, 0.717) is 11.1 Å². The molecule has 1 aliphatic heterocycles. The van der Waals surface area contributed by atoms with E-state index in [-0.39, 0.29) is 74.4 Å². The number of carbonyl (C=O) groups is 1. The number of aromatic hydroxyl groups is 5. The van der Waals surface area contributed by atoms with Gasteiger partial charge in [-0.1, -0.05) is 6.07 Å². The lowest BCUT2D eigenvalue weighted by Crippen LogP contribution is -2.21. The van der Waals surface area contributed by atoms with Crippen LogP contribution in [0.1, 0.15) is 28.4 Å². The number of ketones is 1. The number of hydrogen-bond acceptors (Lipinski definition) is 10. The Morgan fingerprint density at radius 2 is 1.56 bits per heavy atom. The molecule has 4 aromatic carbocycles. The van der Waals surface area contributed by atoms with Gasteiger partial charge in [-0.2, -0.15) is 0 Å².